The Bertz CT molecular complexity index is 1530. The highest BCUT2D eigenvalue weighted by molar-refractivity contribution is 6.25. The van der Waals surface area contributed by atoms with E-state index in [0.717, 1.165) is 49.5 Å². The first-order chi connectivity index (χ1) is 20.8. The normalized spacial score (nSPS) is 32.7. The summed E-state index contributed by atoms with van der Waals surface area (Å²) in [5.41, 5.74) is 5.69. The molecule has 2 aromatic carbocycles. The fraction of sp³-hybridized carbons (Fsp3) is 0.529. The molecule has 10 heteroatoms. The number of piperidine rings is 1. The third-order valence-corrected chi connectivity index (χ3v) is 10.7. The molecule has 6 rings (SSSR count). The van der Waals surface area contributed by atoms with Crippen molar-refractivity contribution in [2.45, 2.75) is 56.9 Å². The van der Waals surface area contributed by atoms with Gasteiger partial charge in [0.2, 0.25) is 5.91 Å². The van der Waals surface area contributed by atoms with Gasteiger partial charge in [-0.1, -0.05) is 37.3 Å². The predicted octanol–water partition coefficient (Wildman–Crippen LogP) is 1.56. The maximum atomic E-state index is 14.1. The summed E-state index contributed by atoms with van der Waals surface area (Å²) in [6.07, 6.45) is 1.17. The van der Waals surface area contributed by atoms with Crippen LogP contribution in [0.5, 0.6) is 5.75 Å². The number of nitrogens with zero attached hydrogens (tertiary/aromatic N) is 2. The second-order valence-electron chi connectivity index (χ2n) is 13.6. The van der Waals surface area contributed by atoms with Crippen LogP contribution in [0.2, 0.25) is 0 Å². The second kappa shape index (κ2) is 11.2. The van der Waals surface area contributed by atoms with E-state index in [1.165, 1.54) is 0 Å². The number of Topliss-reactive ketones (excluding diaryl/α,β-unsaturated/α-hetero) is 3. The third-order valence-electron chi connectivity index (χ3n) is 10.7. The number of likely N-dealkylation sites (N-methyl/N-ethyl adjacent to an activating group) is 1. The smallest absolute Gasteiger partial charge is 0.230 e. The van der Waals surface area contributed by atoms with Crippen LogP contribution in [0.1, 0.15) is 47.7 Å². The minimum Gasteiger partial charge on any atom is -0.507 e. The number of phenols is 1. The number of phenolic OH excluding ortho intramolecular Hbond substituents is 1. The molecule has 234 valence electrons. The van der Waals surface area contributed by atoms with Gasteiger partial charge in [0.05, 0.1) is 17.6 Å². The van der Waals surface area contributed by atoms with Gasteiger partial charge in [0.25, 0.3) is 0 Å². The number of nitrogens with two attached hydrogens (primary N) is 1. The van der Waals surface area contributed by atoms with Gasteiger partial charge in [-0.3, -0.25) is 24.1 Å². The van der Waals surface area contributed by atoms with Crippen molar-refractivity contribution in [3.8, 4) is 16.9 Å². The van der Waals surface area contributed by atoms with E-state index < -0.39 is 64.7 Å². The van der Waals surface area contributed by atoms with Crippen LogP contribution in [0.3, 0.4) is 0 Å². The maximum absolute atomic E-state index is 14.1. The Kier molecular flexibility index (Phi) is 7.76. The Morgan fingerprint density at radius 2 is 1.80 bits per heavy atom. The molecular weight excluding hydrogens is 562 g/mol. The minimum atomic E-state index is -2.67. The molecule has 44 heavy (non-hydrogen) atoms. The zero-order valence-corrected chi connectivity index (χ0v) is 25.4. The number of fused-ring (bicyclic) bond motifs is 3. The largest absolute Gasteiger partial charge is 0.507 e. The van der Waals surface area contributed by atoms with E-state index in [4.69, 9.17) is 5.73 Å². The van der Waals surface area contributed by atoms with Crippen molar-refractivity contribution in [1.82, 2.24) is 9.80 Å². The topological polar surface area (TPSA) is 161 Å². The van der Waals surface area contributed by atoms with Crippen molar-refractivity contribution in [1.29, 1.82) is 0 Å². The lowest BCUT2D eigenvalue weighted by molar-refractivity contribution is -0.190. The molecule has 3 fully saturated rings. The van der Waals surface area contributed by atoms with Gasteiger partial charge < -0.3 is 26.0 Å². The number of rotatable bonds is 5. The molecule has 2 aromatic rings. The average Bonchev–Trinajstić information content (AvgIpc) is 2.96. The Labute approximate surface area is 256 Å². The number of likely N-dealkylation sites (tertiary alicyclic amines) is 1. The summed E-state index contributed by atoms with van der Waals surface area (Å²) in [5, 5.41) is 34.3. The van der Waals surface area contributed by atoms with Gasteiger partial charge >= 0.3 is 0 Å². The lowest BCUT2D eigenvalue weighted by Crippen LogP contribution is -2.75. The predicted molar refractivity (Wildman–Crippen MR) is 161 cm³/mol. The monoisotopic (exact) mass is 603 g/mol. The number of hydrogen-bond acceptors (Lipinski definition) is 9. The van der Waals surface area contributed by atoms with Crippen LogP contribution in [-0.2, 0) is 27.3 Å². The summed E-state index contributed by atoms with van der Waals surface area (Å²) in [6.45, 7) is 5.12. The van der Waals surface area contributed by atoms with Gasteiger partial charge in [0.1, 0.15) is 11.7 Å². The average molecular weight is 604 g/mol. The molecule has 2 saturated carbocycles. The van der Waals surface area contributed by atoms with Crippen LogP contribution in [0.25, 0.3) is 11.1 Å². The summed E-state index contributed by atoms with van der Waals surface area (Å²) in [4.78, 5) is 57.9. The van der Waals surface area contributed by atoms with E-state index in [1.54, 1.807) is 31.1 Å². The second-order valence-corrected chi connectivity index (χ2v) is 13.6. The number of aliphatic hydroxyl groups excluding tert-OH is 1. The lowest BCUT2D eigenvalue weighted by atomic mass is 9.52. The molecule has 0 aromatic heterocycles. The summed E-state index contributed by atoms with van der Waals surface area (Å²) < 4.78 is 0. The Balaban J connectivity index is 1.34. The highest BCUT2D eigenvalue weighted by Crippen LogP contribution is 2.52. The molecule has 1 aliphatic heterocycles. The van der Waals surface area contributed by atoms with Gasteiger partial charge in [-0.05, 0) is 87.5 Å². The molecule has 0 bridgehead atoms. The highest BCUT2D eigenvalue weighted by Gasteiger charge is 2.69. The van der Waals surface area contributed by atoms with Crippen LogP contribution >= 0.6 is 0 Å². The maximum Gasteiger partial charge on any atom is 0.230 e. The van der Waals surface area contributed by atoms with E-state index >= 15 is 0 Å². The van der Waals surface area contributed by atoms with Gasteiger partial charge in [-0.15, -0.1) is 0 Å². The van der Waals surface area contributed by atoms with Gasteiger partial charge in [-0.25, -0.2) is 0 Å². The van der Waals surface area contributed by atoms with E-state index in [0.29, 0.717) is 11.1 Å². The fourth-order valence-electron chi connectivity index (χ4n) is 8.35. The van der Waals surface area contributed by atoms with E-state index in [2.05, 4.69) is 11.8 Å². The number of hydrogen-bond donors (Lipinski definition) is 4. The van der Waals surface area contributed by atoms with Crippen LogP contribution < -0.4 is 5.73 Å². The third kappa shape index (κ3) is 4.70. The number of carbonyl (C=O) groups is 4. The molecule has 0 radical (unpaired) electrons. The molecule has 3 unspecified atom stereocenters. The highest BCUT2D eigenvalue weighted by atomic mass is 16.3. The van der Waals surface area contributed by atoms with Gasteiger partial charge in [-0.2, -0.15) is 0 Å². The first-order valence-corrected chi connectivity index (χ1v) is 15.5. The molecule has 10 nitrogen and oxygen atoms in total. The van der Waals surface area contributed by atoms with Crippen molar-refractivity contribution in [3.63, 3.8) is 0 Å². The van der Waals surface area contributed by atoms with Crippen molar-refractivity contribution in [3.05, 3.63) is 53.1 Å². The standard InChI is InChI=1S/C34H41N3O7/c1-17-9-11-37(12-10-17)16-18-5-4-6-19(13-18)22-8-7-20-14-21-15-23-27(36(2)3)30(40)26(33(35)43)32(42)34(23,44)31(41)25(21)29(39)24(20)28(22)38/h4-8,13,17,21,23,25-27,30,38,40,44H,9-12,14-16H2,1-3H3,(H2,35,43)/t21-,23-,25?,26?,27-,30?,34-/m1/s1. The number of aliphatic hydroxyl groups is 2. The van der Waals surface area contributed by atoms with E-state index in [-0.39, 0.29) is 24.2 Å². The van der Waals surface area contributed by atoms with Crippen molar-refractivity contribution < 1.29 is 34.5 Å². The van der Waals surface area contributed by atoms with Crippen molar-refractivity contribution in [2.75, 3.05) is 27.2 Å². The number of benzene rings is 2. The number of amides is 1. The first-order valence-electron chi connectivity index (χ1n) is 15.5. The molecule has 0 spiro atoms. The molecule has 4 aliphatic rings. The molecule has 7 atom stereocenters. The number of ketones is 3. The Morgan fingerprint density at radius 1 is 1.09 bits per heavy atom. The van der Waals surface area contributed by atoms with E-state index in [1.807, 2.05) is 24.3 Å². The summed E-state index contributed by atoms with van der Waals surface area (Å²) >= 11 is 0. The van der Waals surface area contributed by atoms with Gasteiger partial charge in [0.15, 0.2) is 23.0 Å². The summed E-state index contributed by atoms with van der Waals surface area (Å²) in [5.74, 6) is -8.23. The fourth-order valence-corrected chi connectivity index (χ4v) is 8.35. The number of primary amides is 1. The van der Waals surface area contributed by atoms with E-state index in [9.17, 15) is 34.5 Å². The van der Waals surface area contributed by atoms with Crippen LogP contribution in [0.4, 0.5) is 0 Å². The molecule has 3 aliphatic carbocycles. The van der Waals surface area contributed by atoms with Crippen molar-refractivity contribution >= 4 is 23.3 Å². The quantitative estimate of drug-likeness (QED) is 0.372. The molecule has 1 heterocycles. The summed E-state index contributed by atoms with van der Waals surface area (Å²) in [7, 11) is 3.25. The molecule has 1 amide bonds. The number of carbonyl (C=O) groups excluding carboxylic acids is 4. The Morgan fingerprint density at radius 3 is 2.45 bits per heavy atom. The molecule has 1 saturated heterocycles. The first kappa shape index (κ1) is 30.6. The zero-order chi connectivity index (χ0) is 31.7. The lowest BCUT2D eigenvalue weighted by Gasteiger charge is -2.54. The van der Waals surface area contributed by atoms with Gasteiger partial charge in [0, 0.05) is 24.1 Å². The van der Waals surface area contributed by atoms with Crippen LogP contribution in [0, 0.1) is 29.6 Å². The zero-order valence-electron chi connectivity index (χ0n) is 25.4. The van der Waals surface area contributed by atoms with Crippen molar-refractivity contribution in [2.24, 2.45) is 35.3 Å². The summed E-state index contributed by atoms with van der Waals surface area (Å²) in [6, 6.07) is 10.5. The molecular formula is C34H41N3O7. The van der Waals surface area contributed by atoms with Crippen LogP contribution in [0.15, 0.2) is 36.4 Å². The minimum absolute atomic E-state index is 0.0217. The molecule has 5 N–H and O–H groups in total. The Hall–Kier alpha value is -3.44. The number of aromatic hydroxyl groups is 1. The SMILES string of the molecule is CC1CCN(Cc2cccc(-c3ccc4c(c3O)C(=O)C3C(=O)[C@@]5(O)C(=O)C(C(N)=O)C(O)[C@H](N(C)C)[C@H]5C[C@H]3C4)c2)CC1. The van der Waals surface area contributed by atoms with Crippen LogP contribution in [-0.4, -0.2) is 93.3 Å².